The van der Waals surface area contributed by atoms with Crippen molar-refractivity contribution in [1.29, 1.82) is 5.26 Å². The van der Waals surface area contributed by atoms with Crippen molar-refractivity contribution in [3.63, 3.8) is 0 Å². The molecule has 3 rings (SSSR count). The van der Waals surface area contributed by atoms with Crippen LogP contribution in [-0.2, 0) is 6.42 Å². The predicted octanol–water partition coefficient (Wildman–Crippen LogP) is 3.26. The minimum absolute atomic E-state index is 0.000588. The van der Waals surface area contributed by atoms with E-state index in [-0.39, 0.29) is 11.5 Å². The van der Waals surface area contributed by atoms with Gasteiger partial charge in [-0.25, -0.2) is 0 Å². The molecule has 6 heteroatoms. The Balaban J connectivity index is 1.86. The minimum atomic E-state index is -0.405. The maximum atomic E-state index is 12.9. The van der Waals surface area contributed by atoms with Gasteiger partial charge in [-0.2, -0.15) is 5.26 Å². The van der Waals surface area contributed by atoms with Gasteiger partial charge in [0.2, 0.25) is 0 Å². The van der Waals surface area contributed by atoms with Crippen LogP contribution in [0.1, 0.15) is 27.9 Å². The molecule has 1 aromatic carbocycles. The van der Waals surface area contributed by atoms with E-state index in [2.05, 4.69) is 17.4 Å². The topological polar surface area (TPSA) is 74.4 Å². The highest BCUT2D eigenvalue weighted by molar-refractivity contribution is 7.98. The van der Waals surface area contributed by atoms with Gasteiger partial charge in [0.1, 0.15) is 11.6 Å². The number of nitrogens with one attached hydrogen (secondary N) is 1. The fraction of sp³-hybridized carbons (Fsp3) is 0.190. The molecule has 0 radical (unpaired) electrons. The molecule has 1 N–H and O–H groups in total. The van der Waals surface area contributed by atoms with Gasteiger partial charge in [0, 0.05) is 17.6 Å². The molecule has 0 bridgehead atoms. The number of carbonyl (C=O) groups is 1. The number of pyridine rings is 2. The molecule has 2 aromatic heterocycles. The average Bonchev–Trinajstić information content (AvgIpc) is 2.71. The third-order valence-electron chi connectivity index (χ3n) is 4.32. The van der Waals surface area contributed by atoms with Gasteiger partial charge in [-0.3, -0.25) is 14.0 Å². The Morgan fingerprint density at radius 2 is 1.93 bits per heavy atom. The number of fused-ring (bicyclic) bond motifs is 1. The molecule has 0 aliphatic carbocycles. The molecule has 0 aliphatic rings. The van der Waals surface area contributed by atoms with E-state index < -0.39 is 5.56 Å². The first-order chi connectivity index (χ1) is 13.2. The molecule has 0 aliphatic heterocycles. The first kappa shape index (κ1) is 18.7. The number of hydrogen-bond acceptors (Lipinski definition) is 4. The highest BCUT2D eigenvalue weighted by atomic mass is 32.2. The lowest BCUT2D eigenvalue weighted by Crippen LogP contribution is -2.29. The zero-order chi connectivity index (χ0) is 19.2. The SMILES string of the molecule is CSc1c(C#N)c(=O)n2ccccc2c1C(=O)NCCCc1ccccc1. The molecule has 136 valence electrons. The molecule has 0 fully saturated rings. The van der Waals surface area contributed by atoms with Crippen LogP contribution in [0.3, 0.4) is 0 Å². The number of hydrogen-bond donors (Lipinski definition) is 1. The number of aromatic nitrogens is 1. The van der Waals surface area contributed by atoms with Gasteiger partial charge in [-0.15, -0.1) is 11.8 Å². The molecular weight excluding hydrogens is 358 g/mol. The number of aryl methyl sites for hydroxylation is 1. The van der Waals surface area contributed by atoms with Crippen molar-refractivity contribution in [2.24, 2.45) is 0 Å². The Morgan fingerprint density at radius 1 is 1.19 bits per heavy atom. The van der Waals surface area contributed by atoms with Crippen molar-refractivity contribution in [2.75, 3.05) is 12.8 Å². The monoisotopic (exact) mass is 377 g/mol. The van der Waals surface area contributed by atoms with Crippen LogP contribution >= 0.6 is 11.8 Å². The van der Waals surface area contributed by atoms with Crippen LogP contribution in [0.2, 0.25) is 0 Å². The quantitative estimate of drug-likeness (QED) is 0.529. The number of nitriles is 1. The number of carbonyl (C=O) groups excluding carboxylic acids is 1. The molecule has 1 amide bonds. The summed E-state index contributed by atoms with van der Waals surface area (Å²) in [5.74, 6) is -0.271. The smallest absolute Gasteiger partial charge is 0.274 e. The average molecular weight is 377 g/mol. The third-order valence-corrected chi connectivity index (χ3v) is 5.13. The van der Waals surface area contributed by atoms with Crippen molar-refractivity contribution < 1.29 is 4.79 Å². The van der Waals surface area contributed by atoms with Crippen LogP contribution in [0.5, 0.6) is 0 Å². The van der Waals surface area contributed by atoms with E-state index in [9.17, 15) is 14.9 Å². The molecule has 2 heterocycles. The van der Waals surface area contributed by atoms with Crippen LogP contribution in [-0.4, -0.2) is 23.1 Å². The lowest BCUT2D eigenvalue weighted by molar-refractivity contribution is 0.0951. The first-order valence-electron chi connectivity index (χ1n) is 8.61. The van der Waals surface area contributed by atoms with Crippen molar-refractivity contribution in [2.45, 2.75) is 17.7 Å². The van der Waals surface area contributed by atoms with Gasteiger partial charge in [0.25, 0.3) is 11.5 Å². The second-order valence-electron chi connectivity index (χ2n) is 6.00. The van der Waals surface area contributed by atoms with Crippen LogP contribution in [0, 0.1) is 11.3 Å². The van der Waals surface area contributed by atoms with Crippen LogP contribution in [0.25, 0.3) is 5.52 Å². The van der Waals surface area contributed by atoms with Gasteiger partial charge in [0.05, 0.1) is 11.1 Å². The molecule has 0 saturated carbocycles. The Morgan fingerprint density at radius 3 is 2.63 bits per heavy atom. The van der Waals surface area contributed by atoms with Gasteiger partial charge in [-0.05, 0) is 36.8 Å². The number of benzene rings is 1. The summed E-state index contributed by atoms with van der Waals surface area (Å²) in [5, 5.41) is 12.4. The second kappa shape index (κ2) is 8.56. The standard InChI is InChI=1S/C21H19N3O2S/c1-27-19-16(14-22)21(26)24-13-6-5-11-17(24)18(19)20(25)23-12-7-10-15-8-3-2-4-9-15/h2-6,8-9,11,13H,7,10,12H2,1H3,(H,23,25). The van der Waals surface area contributed by atoms with E-state index in [0.717, 1.165) is 12.8 Å². The van der Waals surface area contributed by atoms with Gasteiger partial charge < -0.3 is 5.32 Å². The van der Waals surface area contributed by atoms with E-state index in [1.165, 1.54) is 21.7 Å². The molecule has 0 unspecified atom stereocenters. The number of amides is 1. The molecule has 27 heavy (non-hydrogen) atoms. The summed E-state index contributed by atoms with van der Waals surface area (Å²) in [6, 6.07) is 17.2. The maximum Gasteiger partial charge on any atom is 0.274 e. The van der Waals surface area contributed by atoms with Gasteiger partial charge in [-0.1, -0.05) is 36.4 Å². The lowest BCUT2D eigenvalue weighted by atomic mass is 10.1. The molecule has 3 aromatic rings. The molecule has 0 saturated heterocycles. The fourth-order valence-electron chi connectivity index (χ4n) is 3.03. The highest BCUT2D eigenvalue weighted by Crippen LogP contribution is 2.26. The number of nitrogens with zero attached hydrogens (tertiary/aromatic N) is 2. The molecule has 5 nitrogen and oxygen atoms in total. The van der Waals surface area contributed by atoms with Crippen molar-refractivity contribution in [3.05, 3.63) is 81.8 Å². The van der Waals surface area contributed by atoms with E-state index in [1.807, 2.05) is 24.3 Å². The third kappa shape index (κ3) is 3.88. The predicted molar refractivity (Wildman–Crippen MR) is 107 cm³/mol. The minimum Gasteiger partial charge on any atom is -0.352 e. The Bertz CT molecular complexity index is 1070. The molecule has 0 atom stereocenters. The Labute approximate surface area is 161 Å². The van der Waals surface area contributed by atoms with Crippen LogP contribution in [0.4, 0.5) is 0 Å². The van der Waals surface area contributed by atoms with Crippen LogP contribution < -0.4 is 10.9 Å². The normalized spacial score (nSPS) is 10.5. The van der Waals surface area contributed by atoms with E-state index in [4.69, 9.17) is 0 Å². The summed E-state index contributed by atoms with van der Waals surface area (Å²) in [7, 11) is 0. The Hall–Kier alpha value is -3.04. The lowest BCUT2D eigenvalue weighted by Gasteiger charge is -2.14. The van der Waals surface area contributed by atoms with E-state index >= 15 is 0 Å². The fourth-order valence-corrected chi connectivity index (χ4v) is 3.77. The van der Waals surface area contributed by atoms with Crippen molar-refractivity contribution in [3.8, 4) is 6.07 Å². The largest absolute Gasteiger partial charge is 0.352 e. The number of thioether (sulfide) groups is 1. The summed E-state index contributed by atoms with van der Waals surface area (Å²) in [4.78, 5) is 25.8. The van der Waals surface area contributed by atoms with E-state index in [1.54, 1.807) is 30.7 Å². The molecule has 0 spiro atoms. The zero-order valence-electron chi connectivity index (χ0n) is 14.9. The van der Waals surface area contributed by atoms with E-state index in [0.29, 0.717) is 22.5 Å². The first-order valence-corrected chi connectivity index (χ1v) is 9.83. The highest BCUT2D eigenvalue weighted by Gasteiger charge is 2.22. The second-order valence-corrected chi connectivity index (χ2v) is 6.82. The van der Waals surface area contributed by atoms with Crippen molar-refractivity contribution in [1.82, 2.24) is 9.72 Å². The summed E-state index contributed by atoms with van der Waals surface area (Å²) in [6.07, 6.45) is 5.02. The number of rotatable bonds is 6. The summed E-state index contributed by atoms with van der Waals surface area (Å²) in [5.41, 5.74) is 1.70. The van der Waals surface area contributed by atoms with Crippen LogP contribution in [0.15, 0.2) is 64.4 Å². The van der Waals surface area contributed by atoms with Crippen molar-refractivity contribution >= 4 is 23.2 Å². The van der Waals surface area contributed by atoms with Gasteiger partial charge in [0.15, 0.2) is 0 Å². The molecular formula is C21H19N3O2S. The summed E-state index contributed by atoms with van der Waals surface area (Å²) < 4.78 is 1.36. The Kier molecular flexibility index (Phi) is 5.94. The summed E-state index contributed by atoms with van der Waals surface area (Å²) >= 11 is 1.24. The summed E-state index contributed by atoms with van der Waals surface area (Å²) in [6.45, 7) is 0.515. The zero-order valence-corrected chi connectivity index (χ0v) is 15.8. The maximum absolute atomic E-state index is 12.9. The van der Waals surface area contributed by atoms with Gasteiger partial charge >= 0.3 is 0 Å².